The second-order valence-electron chi connectivity index (χ2n) is 5.66. The van der Waals surface area contributed by atoms with Crippen molar-refractivity contribution in [2.24, 2.45) is 0 Å². The summed E-state index contributed by atoms with van der Waals surface area (Å²) < 4.78 is 0. The number of likely N-dealkylation sites (N-methyl/N-ethyl adjacent to an activating group) is 1. The predicted octanol–water partition coefficient (Wildman–Crippen LogP) is 2.81. The van der Waals surface area contributed by atoms with Gasteiger partial charge in [0.2, 0.25) is 0 Å². The Labute approximate surface area is 115 Å². The quantitative estimate of drug-likeness (QED) is 0.855. The topological polar surface area (TPSA) is 24.1 Å². The molecule has 0 fully saturated rings. The lowest BCUT2D eigenvalue weighted by Gasteiger charge is -2.26. The van der Waals surface area contributed by atoms with Gasteiger partial charge in [-0.25, -0.2) is 0 Å². The van der Waals surface area contributed by atoms with Crippen molar-refractivity contribution in [2.45, 2.75) is 43.7 Å². The number of hydrogen-bond donors (Lipinski definition) is 2. The van der Waals surface area contributed by atoms with Gasteiger partial charge in [0.05, 0.1) is 0 Å². The van der Waals surface area contributed by atoms with E-state index >= 15 is 0 Å². The largest absolute Gasteiger partial charge is 0.318 e. The first-order valence-corrected chi connectivity index (χ1v) is 7.73. The van der Waals surface area contributed by atoms with Crippen molar-refractivity contribution in [1.29, 1.82) is 0 Å². The number of rotatable bonds is 5. The van der Waals surface area contributed by atoms with E-state index in [1.165, 1.54) is 34.6 Å². The molecule has 2 rings (SSSR count). The Kier molecular flexibility index (Phi) is 4.71. The highest BCUT2D eigenvalue weighted by atomic mass is 32.2. The van der Waals surface area contributed by atoms with E-state index in [4.69, 9.17) is 0 Å². The van der Waals surface area contributed by atoms with E-state index in [0.717, 1.165) is 13.1 Å². The van der Waals surface area contributed by atoms with Gasteiger partial charge in [-0.05, 0) is 56.7 Å². The molecule has 1 heterocycles. The van der Waals surface area contributed by atoms with E-state index in [-0.39, 0.29) is 5.54 Å². The zero-order chi connectivity index (χ0) is 13.0. The van der Waals surface area contributed by atoms with Crippen molar-refractivity contribution in [3.05, 3.63) is 29.3 Å². The molecule has 0 saturated carbocycles. The summed E-state index contributed by atoms with van der Waals surface area (Å²) in [6, 6.07) is 6.94. The van der Waals surface area contributed by atoms with Crippen LogP contribution >= 0.6 is 11.8 Å². The van der Waals surface area contributed by atoms with Crippen LogP contribution in [-0.2, 0) is 13.0 Å². The maximum absolute atomic E-state index is 3.61. The van der Waals surface area contributed by atoms with Crippen LogP contribution in [0.3, 0.4) is 0 Å². The van der Waals surface area contributed by atoms with E-state index < -0.39 is 0 Å². The number of thioether (sulfide) groups is 1. The van der Waals surface area contributed by atoms with Crippen LogP contribution < -0.4 is 10.6 Å². The minimum atomic E-state index is 0.138. The minimum Gasteiger partial charge on any atom is -0.318 e. The molecule has 1 aliphatic rings. The normalized spacial score (nSPS) is 15.5. The maximum atomic E-state index is 3.61. The maximum Gasteiger partial charge on any atom is 0.0252 e. The predicted molar refractivity (Wildman–Crippen MR) is 80.3 cm³/mol. The van der Waals surface area contributed by atoms with Gasteiger partial charge in [-0.2, -0.15) is 0 Å². The molecule has 0 aliphatic carbocycles. The molecular formula is C15H24N2S. The lowest BCUT2D eigenvalue weighted by Crippen LogP contribution is -2.46. The summed E-state index contributed by atoms with van der Waals surface area (Å²) in [6.45, 7) is 6.40. The van der Waals surface area contributed by atoms with Gasteiger partial charge in [0.1, 0.15) is 0 Å². The summed E-state index contributed by atoms with van der Waals surface area (Å²) >= 11 is 2.00. The highest BCUT2D eigenvalue weighted by Crippen LogP contribution is 2.30. The smallest absolute Gasteiger partial charge is 0.0252 e. The van der Waals surface area contributed by atoms with Crippen LogP contribution in [0.4, 0.5) is 0 Å². The molecule has 0 radical (unpaired) electrons. The zero-order valence-corrected chi connectivity index (χ0v) is 12.5. The Morgan fingerprint density at radius 1 is 1.33 bits per heavy atom. The van der Waals surface area contributed by atoms with Gasteiger partial charge >= 0.3 is 0 Å². The van der Waals surface area contributed by atoms with Crippen molar-refractivity contribution in [3.63, 3.8) is 0 Å². The lowest BCUT2D eigenvalue weighted by molar-refractivity contribution is 0.374. The molecule has 0 bridgehead atoms. The second-order valence-corrected chi connectivity index (χ2v) is 6.80. The van der Waals surface area contributed by atoms with Gasteiger partial charge in [-0.15, -0.1) is 11.8 Å². The van der Waals surface area contributed by atoms with Crippen molar-refractivity contribution in [3.8, 4) is 0 Å². The van der Waals surface area contributed by atoms with Gasteiger partial charge < -0.3 is 10.6 Å². The third-order valence-corrected chi connectivity index (χ3v) is 4.56. The van der Waals surface area contributed by atoms with Crippen molar-refractivity contribution >= 4 is 11.8 Å². The van der Waals surface area contributed by atoms with Gasteiger partial charge in [0.15, 0.2) is 0 Å². The highest BCUT2D eigenvalue weighted by molar-refractivity contribution is 7.99. The molecule has 0 atom stereocenters. The third-order valence-electron chi connectivity index (χ3n) is 3.36. The van der Waals surface area contributed by atoms with Gasteiger partial charge in [0, 0.05) is 23.5 Å². The molecule has 2 N–H and O–H groups in total. The molecule has 1 aliphatic heterocycles. The molecule has 0 aromatic heterocycles. The second kappa shape index (κ2) is 6.09. The Bertz CT molecular complexity index is 401. The molecule has 1 aromatic carbocycles. The first kappa shape index (κ1) is 13.9. The standard InChI is InChI=1S/C15H24N2S/c1-15(2,11-16-3)17-10-12-6-7-14-13(9-12)5-4-8-18-14/h6-7,9,16-17H,4-5,8,10-11H2,1-3H3. The molecular weight excluding hydrogens is 240 g/mol. The number of fused-ring (bicyclic) bond motifs is 1. The number of aryl methyl sites for hydroxylation is 1. The highest BCUT2D eigenvalue weighted by Gasteiger charge is 2.16. The summed E-state index contributed by atoms with van der Waals surface area (Å²) in [5.41, 5.74) is 3.08. The Morgan fingerprint density at radius 3 is 2.94 bits per heavy atom. The summed E-state index contributed by atoms with van der Waals surface area (Å²) in [4.78, 5) is 1.49. The van der Waals surface area contributed by atoms with Gasteiger partial charge in [-0.1, -0.05) is 12.1 Å². The van der Waals surface area contributed by atoms with Crippen LogP contribution in [-0.4, -0.2) is 24.9 Å². The van der Waals surface area contributed by atoms with Crippen LogP contribution in [0.25, 0.3) is 0 Å². The monoisotopic (exact) mass is 264 g/mol. The van der Waals surface area contributed by atoms with Crippen LogP contribution in [0.2, 0.25) is 0 Å². The molecule has 1 aromatic rings. The van der Waals surface area contributed by atoms with Gasteiger partial charge in [0.25, 0.3) is 0 Å². The minimum absolute atomic E-state index is 0.138. The van der Waals surface area contributed by atoms with Crippen LogP contribution in [0.1, 0.15) is 31.4 Å². The molecule has 18 heavy (non-hydrogen) atoms. The Balaban J connectivity index is 1.98. The molecule has 0 amide bonds. The fourth-order valence-electron chi connectivity index (χ4n) is 2.37. The number of nitrogens with one attached hydrogen (secondary N) is 2. The van der Waals surface area contributed by atoms with Crippen LogP contribution in [0.15, 0.2) is 23.1 Å². The van der Waals surface area contributed by atoms with E-state index in [2.05, 4.69) is 42.7 Å². The Hall–Kier alpha value is -0.510. The first-order valence-electron chi connectivity index (χ1n) is 6.75. The average molecular weight is 264 g/mol. The molecule has 100 valence electrons. The van der Waals surface area contributed by atoms with Crippen LogP contribution in [0.5, 0.6) is 0 Å². The van der Waals surface area contributed by atoms with Crippen LogP contribution in [0, 0.1) is 0 Å². The van der Waals surface area contributed by atoms with Crippen molar-refractivity contribution in [1.82, 2.24) is 10.6 Å². The van der Waals surface area contributed by atoms with Gasteiger partial charge in [-0.3, -0.25) is 0 Å². The number of benzene rings is 1. The molecule has 0 spiro atoms. The van der Waals surface area contributed by atoms with Crippen molar-refractivity contribution < 1.29 is 0 Å². The summed E-state index contributed by atoms with van der Waals surface area (Å²) in [5, 5.41) is 6.84. The fraction of sp³-hybridized carbons (Fsp3) is 0.600. The third kappa shape index (κ3) is 3.74. The zero-order valence-electron chi connectivity index (χ0n) is 11.7. The summed E-state index contributed by atoms with van der Waals surface area (Å²) in [6.07, 6.45) is 2.57. The van der Waals surface area contributed by atoms with E-state index in [0.29, 0.717) is 0 Å². The first-order chi connectivity index (χ1) is 8.61. The van der Waals surface area contributed by atoms with E-state index in [1.54, 1.807) is 0 Å². The lowest BCUT2D eigenvalue weighted by atomic mass is 10.0. The fourth-order valence-corrected chi connectivity index (χ4v) is 3.39. The molecule has 2 nitrogen and oxygen atoms in total. The summed E-state index contributed by atoms with van der Waals surface area (Å²) in [5.74, 6) is 1.28. The molecule has 3 heteroatoms. The Morgan fingerprint density at radius 2 is 2.17 bits per heavy atom. The SMILES string of the molecule is CNCC(C)(C)NCc1ccc2c(c1)CCCS2. The summed E-state index contributed by atoms with van der Waals surface area (Å²) in [7, 11) is 2.00. The van der Waals surface area contributed by atoms with E-state index in [9.17, 15) is 0 Å². The molecule has 0 unspecified atom stereocenters. The molecule has 0 saturated heterocycles. The number of hydrogen-bond acceptors (Lipinski definition) is 3. The van der Waals surface area contributed by atoms with Crippen molar-refractivity contribution in [2.75, 3.05) is 19.3 Å². The average Bonchev–Trinajstić information content (AvgIpc) is 2.36. The van der Waals surface area contributed by atoms with E-state index in [1.807, 2.05) is 18.8 Å².